The van der Waals surface area contributed by atoms with Crippen LogP contribution in [0, 0.1) is 0 Å². The monoisotopic (exact) mass is 374 g/mol. The minimum Gasteiger partial charge on any atom is -0.490 e. The molecule has 0 amide bonds. The zero-order chi connectivity index (χ0) is 14.4. The van der Waals surface area contributed by atoms with Gasteiger partial charge in [0.25, 0.3) is 0 Å². The first-order valence-electron chi connectivity index (χ1n) is 6.41. The molecule has 108 valence electrons. The quantitative estimate of drug-likeness (QED) is 0.614. The Morgan fingerprint density at radius 1 is 1.30 bits per heavy atom. The van der Waals surface area contributed by atoms with Gasteiger partial charge in [-0.3, -0.25) is 0 Å². The summed E-state index contributed by atoms with van der Waals surface area (Å²) in [5.41, 5.74) is 1.01. The normalized spacial score (nSPS) is 10.6. The number of benzene rings is 1. The van der Waals surface area contributed by atoms with Gasteiger partial charge in [0.05, 0.1) is 17.7 Å². The number of rotatable bonds is 7. The predicted molar refractivity (Wildman–Crippen MR) is 88.4 cm³/mol. The van der Waals surface area contributed by atoms with Crippen LogP contribution in [-0.4, -0.2) is 13.2 Å². The van der Waals surface area contributed by atoms with Crippen molar-refractivity contribution in [3.8, 4) is 11.5 Å². The number of halogens is 2. The highest BCUT2D eigenvalue weighted by molar-refractivity contribution is 9.10. The molecule has 1 aromatic heterocycles. The average molecular weight is 376 g/mol. The molecule has 0 aliphatic rings. The van der Waals surface area contributed by atoms with Crippen molar-refractivity contribution in [2.24, 2.45) is 0 Å². The predicted octanol–water partition coefficient (Wildman–Crippen LogP) is 5.27. The summed E-state index contributed by atoms with van der Waals surface area (Å²) in [5, 5.41) is 2.08. The molecule has 0 atom stereocenters. The molecule has 0 radical (unpaired) electrons. The largest absolute Gasteiger partial charge is 0.490 e. The van der Waals surface area contributed by atoms with Crippen LogP contribution in [-0.2, 0) is 12.3 Å². The van der Waals surface area contributed by atoms with Crippen molar-refractivity contribution in [2.45, 2.75) is 19.2 Å². The van der Waals surface area contributed by atoms with E-state index in [2.05, 4.69) is 33.4 Å². The maximum absolute atomic E-state index is 5.89. The summed E-state index contributed by atoms with van der Waals surface area (Å²) in [6, 6.07) is 8.07. The van der Waals surface area contributed by atoms with Crippen LogP contribution in [0.25, 0.3) is 0 Å². The van der Waals surface area contributed by atoms with Crippen molar-refractivity contribution in [1.82, 2.24) is 0 Å². The lowest BCUT2D eigenvalue weighted by atomic mass is 10.2. The molecule has 0 N–H and O–H groups in total. The molecule has 0 aliphatic heterocycles. The molecule has 1 aromatic carbocycles. The van der Waals surface area contributed by atoms with Crippen molar-refractivity contribution in [1.29, 1.82) is 0 Å². The van der Waals surface area contributed by atoms with Gasteiger partial charge >= 0.3 is 0 Å². The molecular formula is C15H16BrClO2S. The third-order valence-corrected chi connectivity index (χ3v) is 4.53. The van der Waals surface area contributed by atoms with E-state index < -0.39 is 0 Å². The maximum atomic E-state index is 5.89. The smallest absolute Gasteiger partial charge is 0.175 e. The van der Waals surface area contributed by atoms with Crippen LogP contribution in [0.2, 0.25) is 0 Å². The van der Waals surface area contributed by atoms with Gasteiger partial charge in [0.2, 0.25) is 0 Å². The number of hydrogen-bond donors (Lipinski definition) is 0. The lowest BCUT2D eigenvalue weighted by Gasteiger charge is -2.14. The third-order valence-electron chi connectivity index (χ3n) is 2.70. The standard InChI is InChI=1S/C15H16BrClO2S/c1-2-18-14-9-11(10-17)8-13(16)15(14)19-6-5-12-4-3-7-20-12/h3-4,7-9H,2,5-6,10H2,1H3. The summed E-state index contributed by atoms with van der Waals surface area (Å²) in [5.74, 6) is 1.94. The molecule has 2 nitrogen and oxygen atoms in total. The van der Waals surface area contributed by atoms with Crippen LogP contribution in [0.1, 0.15) is 17.4 Å². The molecule has 1 heterocycles. The molecular weight excluding hydrogens is 360 g/mol. The zero-order valence-electron chi connectivity index (χ0n) is 11.2. The Bertz CT molecular complexity index is 543. The maximum Gasteiger partial charge on any atom is 0.175 e. The Labute approximate surface area is 136 Å². The highest BCUT2D eigenvalue weighted by atomic mass is 79.9. The van der Waals surface area contributed by atoms with E-state index in [9.17, 15) is 0 Å². The molecule has 0 unspecified atom stereocenters. The Morgan fingerprint density at radius 2 is 2.15 bits per heavy atom. The van der Waals surface area contributed by atoms with Crippen LogP contribution in [0.15, 0.2) is 34.1 Å². The highest BCUT2D eigenvalue weighted by Gasteiger charge is 2.12. The second-order valence-corrected chi connectivity index (χ2v) is 6.30. The lowest BCUT2D eigenvalue weighted by molar-refractivity contribution is 0.278. The van der Waals surface area contributed by atoms with E-state index in [0.29, 0.717) is 19.1 Å². The minimum absolute atomic E-state index is 0.453. The van der Waals surface area contributed by atoms with Crippen molar-refractivity contribution in [3.63, 3.8) is 0 Å². The molecule has 0 bridgehead atoms. The summed E-state index contributed by atoms with van der Waals surface area (Å²) in [4.78, 5) is 1.32. The number of alkyl halides is 1. The van der Waals surface area contributed by atoms with Crippen molar-refractivity contribution >= 4 is 38.9 Å². The van der Waals surface area contributed by atoms with Gasteiger partial charge in [-0.15, -0.1) is 22.9 Å². The van der Waals surface area contributed by atoms with Gasteiger partial charge in [-0.25, -0.2) is 0 Å². The van der Waals surface area contributed by atoms with E-state index in [1.807, 2.05) is 19.1 Å². The fourth-order valence-electron chi connectivity index (χ4n) is 1.81. The van der Waals surface area contributed by atoms with E-state index in [1.54, 1.807) is 11.3 Å². The van der Waals surface area contributed by atoms with E-state index in [4.69, 9.17) is 21.1 Å². The molecule has 2 aromatic rings. The molecule has 5 heteroatoms. The second kappa shape index (κ2) is 7.91. The van der Waals surface area contributed by atoms with Crippen molar-refractivity contribution in [2.75, 3.05) is 13.2 Å². The van der Waals surface area contributed by atoms with Gasteiger partial charge in [0, 0.05) is 17.2 Å². The number of thiophene rings is 1. The summed E-state index contributed by atoms with van der Waals surface area (Å²) < 4.78 is 12.4. The first-order valence-corrected chi connectivity index (χ1v) is 8.61. The summed E-state index contributed by atoms with van der Waals surface area (Å²) in [6.45, 7) is 3.18. The molecule has 20 heavy (non-hydrogen) atoms. The van der Waals surface area contributed by atoms with E-state index in [-0.39, 0.29) is 0 Å². The number of ether oxygens (including phenoxy) is 2. The Hall–Kier alpha value is -0.710. The van der Waals surface area contributed by atoms with Gasteiger partial charge in [-0.05, 0) is 52.0 Å². The van der Waals surface area contributed by atoms with Crippen LogP contribution in [0.5, 0.6) is 11.5 Å². The van der Waals surface area contributed by atoms with E-state index >= 15 is 0 Å². The van der Waals surface area contributed by atoms with Gasteiger partial charge < -0.3 is 9.47 Å². The third kappa shape index (κ3) is 4.14. The van der Waals surface area contributed by atoms with Gasteiger partial charge in [-0.2, -0.15) is 0 Å². The minimum atomic E-state index is 0.453. The first-order chi connectivity index (χ1) is 9.74. The molecule has 0 saturated heterocycles. The van der Waals surface area contributed by atoms with Crippen molar-refractivity contribution < 1.29 is 9.47 Å². The van der Waals surface area contributed by atoms with Gasteiger partial charge in [0.15, 0.2) is 11.5 Å². The van der Waals surface area contributed by atoms with Crippen LogP contribution < -0.4 is 9.47 Å². The second-order valence-electron chi connectivity index (χ2n) is 4.15. The SMILES string of the molecule is CCOc1cc(CCl)cc(Br)c1OCCc1cccs1. The molecule has 0 fully saturated rings. The topological polar surface area (TPSA) is 18.5 Å². The van der Waals surface area contributed by atoms with Crippen LogP contribution >= 0.6 is 38.9 Å². The zero-order valence-corrected chi connectivity index (χ0v) is 14.4. The fourth-order valence-corrected chi connectivity index (χ4v) is 3.26. The Kier molecular flexibility index (Phi) is 6.20. The van der Waals surface area contributed by atoms with Crippen LogP contribution in [0.4, 0.5) is 0 Å². The molecule has 0 aliphatic carbocycles. The van der Waals surface area contributed by atoms with E-state index in [1.165, 1.54) is 4.88 Å². The Balaban J connectivity index is 2.08. The summed E-state index contributed by atoms with van der Waals surface area (Å²) in [7, 11) is 0. The van der Waals surface area contributed by atoms with Crippen molar-refractivity contribution in [3.05, 3.63) is 44.6 Å². The Morgan fingerprint density at radius 3 is 2.80 bits per heavy atom. The lowest BCUT2D eigenvalue weighted by Crippen LogP contribution is -2.04. The fraction of sp³-hybridized carbons (Fsp3) is 0.333. The van der Waals surface area contributed by atoms with Crippen LogP contribution in [0.3, 0.4) is 0 Å². The van der Waals surface area contributed by atoms with E-state index in [0.717, 1.165) is 28.0 Å². The summed E-state index contributed by atoms with van der Waals surface area (Å²) >= 11 is 11.1. The summed E-state index contributed by atoms with van der Waals surface area (Å²) in [6.07, 6.45) is 0.896. The molecule has 0 spiro atoms. The first kappa shape index (κ1) is 15.7. The van der Waals surface area contributed by atoms with Gasteiger partial charge in [-0.1, -0.05) is 6.07 Å². The highest BCUT2D eigenvalue weighted by Crippen LogP contribution is 2.37. The molecule has 2 rings (SSSR count). The van der Waals surface area contributed by atoms with Gasteiger partial charge in [0.1, 0.15) is 0 Å². The number of hydrogen-bond acceptors (Lipinski definition) is 3. The average Bonchev–Trinajstić information content (AvgIpc) is 2.95. The molecule has 0 saturated carbocycles.